The molecule has 1 unspecified atom stereocenters. The number of hydrogen-bond donors (Lipinski definition) is 1. The van der Waals surface area contributed by atoms with Gasteiger partial charge in [-0.3, -0.25) is 0 Å². The largest absolute Gasteiger partial charge is 0.450 e. The molecule has 0 bridgehead atoms. The Kier molecular flexibility index (Phi) is 2.08. The second kappa shape index (κ2) is 2.72. The van der Waals surface area contributed by atoms with Crippen LogP contribution in [0.15, 0.2) is 21.2 Å². The molecule has 1 aromatic heterocycles. The van der Waals surface area contributed by atoms with E-state index in [0.717, 1.165) is 0 Å². The second-order valence-electron chi connectivity index (χ2n) is 2.32. The molecule has 0 aromatic carbocycles. The summed E-state index contributed by atoms with van der Waals surface area (Å²) in [4.78, 5) is 0. The molecule has 0 saturated heterocycles. The Balaban J connectivity index is 3.04. The average molecular weight is 215 g/mol. The molecule has 2 nitrogen and oxygen atoms in total. The Hall–Kier alpha value is -0.720. The molecular weight excluding hydrogens is 208 g/mol. The molecule has 3 heteroatoms. The summed E-state index contributed by atoms with van der Waals surface area (Å²) in [6.45, 7) is 1.50. The first kappa shape index (κ1) is 8.38. The number of terminal acetylenes is 1. The predicted molar refractivity (Wildman–Crippen MR) is 44.8 cm³/mol. The van der Waals surface area contributed by atoms with Crippen LogP contribution >= 0.6 is 15.9 Å². The third-order valence-corrected chi connectivity index (χ3v) is 1.76. The fourth-order valence-electron chi connectivity index (χ4n) is 0.647. The van der Waals surface area contributed by atoms with E-state index < -0.39 is 5.60 Å². The molecule has 0 aliphatic carbocycles. The Morgan fingerprint density at radius 3 is 2.73 bits per heavy atom. The van der Waals surface area contributed by atoms with Gasteiger partial charge in [0, 0.05) is 0 Å². The lowest BCUT2D eigenvalue weighted by molar-refractivity contribution is 0.0944. The van der Waals surface area contributed by atoms with E-state index in [1.54, 1.807) is 12.1 Å². The maximum atomic E-state index is 9.46. The smallest absolute Gasteiger partial charge is 0.180 e. The minimum Gasteiger partial charge on any atom is -0.450 e. The normalized spacial score (nSPS) is 15.5. The van der Waals surface area contributed by atoms with Crippen LogP contribution in [0.5, 0.6) is 0 Å². The molecule has 11 heavy (non-hydrogen) atoms. The number of furan rings is 1. The molecule has 0 spiro atoms. The number of aliphatic hydroxyl groups is 1. The maximum Gasteiger partial charge on any atom is 0.180 e. The van der Waals surface area contributed by atoms with Crippen LogP contribution in [0.4, 0.5) is 0 Å². The summed E-state index contributed by atoms with van der Waals surface area (Å²) in [5.41, 5.74) is -1.31. The van der Waals surface area contributed by atoms with E-state index in [1.165, 1.54) is 6.92 Å². The highest BCUT2D eigenvalue weighted by Gasteiger charge is 2.23. The van der Waals surface area contributed by atoms with Gasteiger partial charge in [-0.15, -0.1) is 6.42 Å². The second-order valence-corrected chi connectivity index (χ2v) is 3.10. The fourth-order valence-corrected chi connectivity index (χ4v) is 0.954. The fraction of sp³-hybridized carbons (Fsp3) is 0.250. The van der Waals surface area contributed by atoms with Gasteiger partial charge in [0.2, 0.25) is 0 Å². The van der Waals surface area contributed by atoms with Crippen molar-refractivity contribution < 1.29 is 9.52 Å². The van der Waals surface area contributed by atoms with Crippen LogP contribution in [0.3, 0.4) is 0 Å². The third-order valence-electron chi connectivity index (χ3n) is 1.33. The van der Waals surface area contributed by atoms with E-state index in [1.807, 2.05) is 0 Å². The molecule has 1 atom stereocenters. The van der Waals surface area contributed by atoms with Gasteiger partial charge < -0.3 is 9.52 Å². The Bertz CT molecular complexity index is 293. The van der Waals surface area contributed by atoms with E-state index in [2.05, 4.69) is 21.9 Å². The van der Waals surface area contributed by atoms with E-state index in [9.17, 15) is 5.11 Å². The molecule has 1 aromatic rings. The molecule has 0 radical (unpaired) electrons. The third kappa shape index (κ3) is 1.65. The summed E-state index contributed by atoms with van der Waals surface area (Å²) in [6, 6.07) is 3.31. The van der Waals surface area contributed by atoms with Crippen molar-refractivity contribution in [1.82, 2.24) is 0 Å². The van der Waals surface area contributed by atoms with Gasteiger partial charge in [-0.1, -0.05) is 5.92 Å². The van der Waals surface area contributed by atoms with E-state index in [4.69, 9.17) is 10.8 Å². The van der Waals surface area contributed by atoms with Crippen LogP contribution in [-0.2, 0) is 5.60 Å². The summed E-state index contributed by atoms with van der Waals surface area (Å²) in [7, 11) is 0. The molecule has 0 amide bonds. The van der Waals surface area contributed by atoms with Crippen LogP contribution in [-0.4, -0.2) is 5.11 Å². The first-order chi connectivity index (χ1) is 5.06. The number of rotatable bonds is 1. The van der Waals surface area contributed by atoms with Crippen LogP contribution < -0.4 is 0 Å². The first-order valence-corrected chi connectivity index (χ1v) is 3.81. The zero-order valence-electron chi connectivity index (χ0n) is 5.97. The van der Waals surface area contributed by atoms with Gasteiger partial charge in [-0.05, 0) is 35.0 Å². The molecule has 0 saturated carbocycles. The topological polar surface area (TPSA) is 33.4 Å². The molecular formula is C8H7BrO2. The van der Waals surface area contributed by atoms with Crippen molar-refractivity contribution in [3.63, 3.8) is 0 Å². The molecule has 1 heterocycles. The van der Waals surface area contributed by atoms with Crippen LogP contribution in [0.1, 0.15) is 12.7 Å². The Morgan fingerprint density at radius 2 is 2.36 bits per heavy atom. The molecule has 0 fully saturated rings. The minimum absolute atomic E-state index is 0.367. The van der Waals surface area contributed by atoms with Crippen LogP contribution in [0, 0.1) is 12.3 Å². The summed E-state index contributed by atoms with van der Waals surface area (Å²) in [6.07, 6.45) is 5.07. The van der Waals surface area contributed by atoms with Crippen LogP contribution in [0.25, 0.3) is 0 Å². The SMILES string of the molecule is C#CC(C)(O)c1ccc(Br)o1. The summed E-state index contributed by atoms with van der Waals surface area (Å²) in [5, 5.41) is 9.46. The van der Waals surface area contributed by atoms with E-state index in [-0.39, 0.29) is 0 Å². The van der Waals surface area contributed by atoms with Crippen molar-refractivity contribution in [3.05, 3.63) is 22.6 Å². The van der Waals surface area contributed by atoms with E-state index in [0.29, 0.717) is 10.4 Å². The van der Waals surface area contributed by atoms with Gasteiger partial charge >= 0.3 is 0 Å². The Labute approximate surface area is 73.3 Å². The summed E-state index contributed by atoms with van der Waals surface area (Å²) in [5.74, 6) is 2.58. The zero-order chi connectivity index (χ0) is 8.48. The lowest BCUT2D eigenvalue weighted by Crippen LogP contribution is -2.16. The Morgan fingerprint density at radius 1 is 1.73 bits per heavy atom. The van der Waals surface area contributed by atoms with Crippen molar-refractivity contribution in [1.29, 1.82) is 0 Å². The molecule has 1 rings (SSSR count). The van der Waals surface area contributed by atoms with E-state index >= 15 is 0 Å². The number of halogens is 1. The highest BCUT2D eigenvalue weighted by Crippen LogP contribution is 2.24. The average Bonchev–Trinajstić information content (AvgIpc) is 2.36. The minimum atomic E-state index is -1.31. The number of hydrogen-bond acceptors (Lipinski definition) is 2. The van der Waals surface area contributed by atoms with Gasteiger partial charge in [-0.2, -0.15) is 0 Å². The van der Waals surface area contributed by atoms with Crippen molar-refractivity contribution in [2.75, 3.05) is 0 Å². The monoisotopic (exact) mass is 214 g/mol. The zero-order valence-corrected chi connectivity index (χ0v) is 7.55. The highest BCUT2D eigenvalue weighted by atomic mass is 79.9. The highest BCUT2D eigenvalue weighted by molar-refractivity contribution is 9.10. The standard InChI is InChI=1S/C8H7BrO2/c1-3-8(2,10)6-4-5-7(9)11-6/h1,4-5,10H,2H3. The molecule has 0 aliphatic rings. The van der Waals surface area contributed by atoms with Gasteiger partial charge in [-0.25, -0.2) is 0 Å². The lowest BCUT2D eigenvalue weighted by atomic mass is 10.1. The van der Waals surface area contributed by atoms with Crippen molar-refractivity contribution in [3.8, 4) is 12.3 Å². The van der Waals surface area contributed by atoms with Crippen molar-refractivity contribution in [2.24, 2.45) is 0 Å². The summed E-state index contributed by atoms with van der Waals surface area (Å²) < 4.78 is 5.62. The quantitative estimate of drug-likeness (QED) is 0.725. The van der Waals surface area contributed by atoms with Crippen LogP contribution in [0.2, 0.25) is 0 Å². The maximum absolute atomic E-state index is 9.46. The van der Waals surface area contributed by atoms with Gasteiger partial charge in [0.1, 0.15) is 5.76 Å². The van der Waals surface area contributed by atoms with Crippen molar-refractivity contribution in [2.45, 2.75) is 12.5 Å². The first-order valence-electron chi connectivity index (χ1n) is 3.02. The van der Waals surface area contributed by atoms with Gasteiger partial charge in [0.25, 0.3) is 0 Å². The predicted octanol–water partition coefficient (Wildman–Crippen LogP) is 1.88. The van der Waals surface area contributed by atoms with Crippen molar-refractivity contribution >= 4 is 15.9 Å². The molecule has 0 aliphatic heterocycles. The lowest BCUT2D eigenvalue weighted by Gasteiger charge is -2.11. The molecule has 58 valence electrons. The molecule has 1 N–H and O–H groups in total. The summed E-state index contributed by atoms with van der Waals surface area (Å²) >= 11 is 3.11. The van der Waals surface area contributed by atoms with Gasteiger partial charge in [0.05, 0.1) is 0 Å². The van der Waals surface area contributed by atoms with Gasteiger partial charge in [0.15, 0.2) is 10.3 Å².